The highest BCUT2D eigenvalue weighted by molar-refractivity contribution is 7.16. The number of pyridine rings is 1. The van der Waals surface area contributed by atoms with Crippen LogP contribution in [-0.2, 0) is 6.42 Å². The minimum Gasteiger partial charge on any atom is -0.359 e. The van der Waals surface area contributed by atoms with Crippen molar-refractivity contribution >= 4 is 33.3 Å². The van der Waals surface area contributed by atoms with Gasteiger partial charge in [0.05, 0.1) is 5.39 Å². The molecule has 0 fully saturated rings. The van der Waals surface area contributed by atoms with Crippen molar-refractivity contribution in [2.45, 2.75) is 6.42 Å². The maximum Gasteiger partial charge on any atom is 0.240 e. The second-order valence-electron chi connectivity index (χ2n) is 4.68. The molecule has 0 atom stereocenters. The van der Waals surface area contributed by atoms with Gasteiger partial charge in [0, 0.05) is 26.0 Å². The van der Waals surface area contributed by atoms with Crippen molar-refractivity contribution in [1.82, 2.24) is 15.0 Å². The minimum atomic E-state index is 0.440. The average molecular weight is 300 g/mol. The number of nitrogen functional groups attached to an aromatic ring is 1. The molecule has 0 aliphatic heterocycles. The van der Waals surface area contributed by atoms with Crippen LogP contribution in [0.25, 0.3) is 10.2 Å². The highest BCUT2D eigenvalue weighted by Crippen LogP contribution is 2.28. The van der Waals surface area contributed by atoms with Crippen LogP contribution in [0.4, 0.5) is 11.8 Å². The molecular weight excluding hydrogens is 284 g/mol. The van der Waals surface area contributed by atoms with Crippen LogP contribution in [0.15, 0.2) is 36.0 Å². The summed E-state index contributed by atoms with van der Waals surface area (Å²) in [4.78, 5) is 15.9. The molecule has 0 aliphatic carbocycles. The van der Waals surface area contributed by atoms with Gasteiger partial charge in [0.25, 0.3) is 0 Å². The van der Waals surface area contributed by atoms with Gasteiger partial charge in [0.1, 0.15) is 10.6 Å². The number of hydrogen-bond acceptors (Lipinski definition) is 7. The van der Waals surface area contributed by atoms with Gasteiger partial charge >= 0.3 is 0 Å². The van der Waals surface area contributed by atoms with Crippen molar-refractivity contribution in [1.29, 1.82) is 0 Å². The molecule has 0 aromatic carbocycles. The summed E-state index contributed by atoms with van der Waals surface area (Å²) < 4.78 is 0. The molecular formula is C14H16N6S. The zero-order valence-corrected chi connectivity index (χ0v) is 12.5. The fourth-order valence-electron chi connectivity index (χ4n) is 2.15. The Morgan fingerprint density at radius 2 is 2.05 bits per heavy atom. The lowest BCUT2D eigenvalue weighted by atomic mass is 10.2. The lowest BCUT2D eigenvalue weighted by Gasteiger charge is -2.19. The highest BCUT2D eigenvalue weighted by Gasteiger charge is 2.12. The fourth-order valence-corrected chi connectivity index (χ4v) is 2.91. The minimum absolute atomic E-state index is 0.440. The number of hydrogen-bond donors (Lipinski definition) is 2. The number of anilines is 2. The Balaban J connectivity index is 1.83. The number of thiophene rings is 1. The number of rotatable bonds is 5. The molecule has 3 N–H and O–H groups in total. The molecule has 3 heterocycles. The lowest BCUT2D eigenvalue weighted by molar-refractivity contribution is 0.861. The zero-order chi connectivity index (χ0) is 14.7. The van der Waals surface area contributed by atoms with E-state index in [4.69, 9.17) is 5.84 Å². The van der Waals surface area contributed by atoms with E-state index < -0.39 is 0 Å². The van der Waals surface area contributed by atoms with E-state index in [1.165, 1.54) is 5.56 Å². The van der Waals surface area contributed by atoms with Crippen LogP contribution in [0, 0.1) is 0 Å². The van der Waals surface area contributed by atoms with Crippen molar-refractivity contribution in [3.63, 3.8) is 0 Å². The van der Waals surface area contributed by atoms with Crippen LogP contribution in [0.5, 0.6) is 0 Å². The summed E-state index contributed by atoms with van der Waals surface area (Å²) in [5, 5.41) is 3.07. The first-order valence-electron chi connectivity index (χ1n) is 6.60. The summed E-state index contributed by atoms with van der Waals surface area (Å²) in [6.45, 7) is 0.857. The van der Waals surface area contributed by atoms with Gasteiger partial charge in [-0.05, 0) is 35.6 Å². The summed E-state index contributed by atoms with van der Waals surface area (Å²) in [6, 6.07) is 6.10. The molecule has 3 aromatic rings. The second kappa shape index (κ2) is 6.02. The van der Waals surface area contributed by atoms with E-state index in [1.807, 2.05) is 43.0 Å². The van der Waals surface area contributed by atoms with E-state index in [9.17, 15) is 0 Å². The molecule has 0 saturated carbocycles. The van der Waals surface area contributed by atoms with Crippen molar-refractivity contribution < 1.29 is 0 Å². The van der Waals surface area contributed by atoms with E-state index in [0.717, 1.165) is 29.0 Å². The topological polar surface area (TPSA) is 80.0 Å². The summed E-state index contributed by atoms with van der Waals surface area (Å²) in [6.07, 6.45) is 4.56. The Labute approximate surface area is 126 Å². The molecule has 0 aliphatic rings. The third-order valence-corrected chi connectivity index (χ3v) is 4.09. The number of hydrazine groups is 1. The molecule has 3 aromatic heterocycles. The average Bonchev–Trinajstić information content (AvgIpc) is 3.01. The van der Waals surface area contributed by atoms with E-state index in [2.05, 4.69) is 25.3 Å². The van der Waals surface area contributed by atoms with Crippen LogP contribution in [0.3, 0.4) is 0 Å². The number of fused-ring (bicyclic) bond motifs is 1. The zero-order valence-electron chi connectivity index (χ0n) is 11.7. The van der Waals surface area contributed by atoms with Crippen LogP contribution in [0.1, 0.15) is 5.56 Å². The van der Waals surface area contributed by atoms with E-state index in [-0.39, 0.29) is 0 Å². The van der Waals surface area contributed by atoms with Crippen LogP contribution < -0.4 is 16.2 Å². The first-order chi connectivity index (χ1) is 10.3. The van der Waals surface area contributed by atoms with Crippen LogP contribution in [-0.4, -0.2) is 28.5 Å². The first-order valence-corrected chi connectivity index (χ1v) is 7.48. The van der Waals surface area contributed by atoms with Crippen molar-refractivity contribution in [2.24, 2.45) is 5.84 Å². The first kappa shape index (κ1) is 13.7. The van der Waals surface area contributed by atoms with E-state index in [1.54, 1.807) is 11.3 Å². The molecule has 21 heavy (non-hydrogen) atoms. The molecule has 0 bridgehead atoms. The molecule has 0 amide bonds. The molecule has 108 valence electrons. The van der Waals surface area contributed by atoms with E-state index in [0.29, 0.717) is 5.95 Å². The summed E-state index contributed by atoms with van der Waals surface area (Å²) in [7, 11) is 2.03. The SMILES string of the molecule is CN(CCc1ccncc1)c1nc(NN)nc2sccc12. The Morgan fingerprint density at radius 3 is 2.81 bits per heavy atom. The van der Waals surface area contributed by atoms with Gasteiger partial charge in [-0.3, -0.25) is 10.4 Å². The molecule has 0 spiro atoms. The van der Waals surface area contributed by atoms with Crippen LogP contribution >= 0.6 is 11.3 Å². The third kappa shape index (κ3) is 2.93. The van der Waals surface area contributed by atoms with Crippen molar-refractivity contribution in [3.05, 3.63) is 41.5 Å². The second-order valence-corrected chi connectivity index (χ2v) is 5.58. The predicted octanol–water partition coefficient (Wildman–Crippen LogP) is 2.05. The number of aromatic nitrogens is 3. The molecule has 0 unspecified atom stereocenters. The number of nitrogens with one attached hydrogen (secondary N) is 1. The summed E-state index contributed by atoms with van der Waals surface area (Å²) in [5.74, 6) is 6.78. The third-order valence-electron chi connectivity index (χ3n) is 3.28. The van der Waals surface area contributed by atoms with Crippen molar-refractivity contribution in [3.8, 4) is 0 Å². The normalized spacial score (nSPS) is 10.8. The number of nitrogens with two attached hydrogens (primary N) is 1. The Kier molecular flexibility index (Phi) is 3.94. The monoisotopic (exact) mass is 300 g/mol. The summed E-state index contributed by atoms with van der Waals surface area (Å²) >= 11 is 1.58. The van der Waals surface area contributed by atoms with Gasteiger partial charge in [0.15, 0.2) is 0 Å². The smallest absolute Gasteiger partial charge is 0.240 e. The maximum absolute atomic E-state index is 5.45. The van der Waals surface area contributed by atoms with Gasteiger partial charge in [0.2, 0.25) is 5.95 Å². The largest absolute Gasteiger partial charge is 0.359 e. The van der Waals surface area contributed by atoms with Gasteiger partial charge in [-0.1, -0.05) is 0 Å². The fraction of sp³-hybridized carbons (Fsp3) is 0.214. The quantitative estimate of drug-likeness (QED) is 0.554. The number of nitrogens with zero attached hydrogens (tertiary/aromatic N) is 4. The van der Waals surface area contributed by atoms with Gasteiger partial charge in [-0.2, -0.15) is 4.98 Å². The standard InChI is InChI=1S/C14H16N6S/c1-20(8-4-10-2-6-16-7-3-10)12-11-5-9-21-13(11)18-14(17-12)19-15/h2-3,5-7,9H,4,8,15H2,1H3,(H,17,18,19). The van der Waals surface area contributed by atoms with Gasteiger partial charge in [-0.25, -0.2) is 10.8 Å². The van der Waals surface area contributed by atoms with E-state index >= 15 is 0 Å². The van der Waals surface area contributed by atoms with Gasteiger partial charge in [-0.15, -0.1) is 11.3 Å². The molecule has 3 rings (SSSR count). The van der Waals surface area contributed by atoms with Crippen LogP contribution in [0.2, 0.25) is 0 Å². The molecule has 7 heteroatoms. The lowest BCUT2D eigenvalue weighted by Crippen LogP contribution is -2.23. The van der Waals surface area contributed by atoms with Crippen molar-refractivity contribution in [2.75, 3.05) is 23.9 Å². The Hall–Kier alpha value is -2.25. The maximum atomic E-state index is 5.45. The predicted molar refractivity (Wildman–Crippen MR) is 86.4 cm³/mol. The number of likely N-dealkylation sites (N-methyl/N-ethyl adjacent to an activating group) is 1. The molecule has 6 nitrogen and oxygen atoms in total. The molecule has 0 saturated heterocycles. The Bertz CT molecular complexity index is 727. The highest BCUT2D eigenvalue weighted by atomic mass is 32.1. The molecule has 0 radical (unpaired) electrons. The Morgan fingerprint density at radius 1 is 1.24 bits per heavy atom. The van der Waals surface area contributed by atoms with Gasteiger partial charge < -0.3 is 4.90 Å². The summed E-state index contributed by atoms with van der Waals surface area (Å²) in [5.41, 5.74) is 3.78.